The molecule has 0 aliphatic heterocycles. The molecule has 4 heterocycles. The maximum absolute atomic E-state index is 13.1. The molecule has 0 unspecified atom stereocenters. The van der Waals surface area contributed by atoms with Crippen LogP contribution < -0.4 is 10.9 Å². The minimum Gasteiger partial charge on any atom is -0.300 e. The number of carbonyl (C=O) groups excluding carboxylic acids is 1. The van der Waals surface area contributed by atoms with Gasteiger partial charge in [-0.3, -0.25) is 14.2 Å². The fourth-order valence-electron chi connectivity index (χ4n) is 3.32. The summed E-state index contributed by atoms with van der Waals surface area (Å²) < 4.78 is 1.34. The second-order valence-electron chi connectivity index (χ2n) is 6.89. The number of aromatic nitrogens is 3. The number of hydrogen-bond acceptors (Lipinski definition) is 7. The van der Waals surface area contributed by atoms with Crippen LogP contribution in [-0.2, 0) is 11.3 Å². The zero-order valence-electron chi connectivity index (χ0n) is 16.4. The van der Waals surface area contributed by atoms with Gasteiger partial charge in [0.25, 0.3) is 5.56 Å². The molecule has 0 saturated carbocycles. The fourth-order valence-corrected chi connectivity index (χ4v) is 5.77. The standard InChI is InChI=1S/C22H16N4O2S3/c1-13-5-2-3-6-14(13)16-11-31-22(24-16)25-18(27)9-26-12-23-20-19(21(26)28)15(10-30-20)17-7-4-8-29-17/h2-8,10-12H,9H2,1H3,(H,24,25,27). The summed E-state index contributed by atoms with van der Waals surface area (Å²) in [5, 5.41) is 9.68. The minimum atomic E-state index is -0.318. The molecule has 0 aliphatic rings. The van der Waals surface area contributed by atoms with Crippen molar-refractivity contribution in [2.45, 2.75) is 13.5 Å². The van der Waals surface area contributed by atoms with Crippen LogP contribution in [0.15, 0.2) is 63.7 Å². The topological polar surface area (TPSA) is 76.9 Å². The Morgan fingerprint density at radius 3 is 2.74 bits per heavy atom. The summed E-state index contributed by atoms with van der Waals surface area (Å²) in [7, 11) is 0. The average molecular weight is 465 g/mol. The second-order valence-corrected chi connectivity index (χ2v) is 9.55. The van der Waals surface area contributed by atoms with Crippen molar-refractivity contribution in [3.8, 4) is 21.7 Å². The van der Waals surface area contributed by atoms with E-state index in [1.807, 2.05) is 59.5 Å². The smallest absolute Gasteiger partial charge is 0.263 e. The molecule has 5 aromatic rings. The molecule has 0 fully saturated rings. The van der Waals surface area contributed by atoms with E-state index < -0.39 is 0 Å². The molecule has 0 atom stereocenters. The van der Waals surface area contributed by atoms with Gasteiger partial charge in [-0.2, -0.15) is 0 Å². The van der Waals surface area contributed by atoms with Crippen molar-refractivity contribution in [1.29, 1.82) is 0 Å². The molecule has 0 aliphatic carbocycles. The Balaban J connectivity index is 1.38. The first-order valence-corrected chi connectivity index (χ1v) is 12.1. The third-order valence-corrected chi connectivity index (χ3v) is 7.38. The first-order valence-electron chi connectivity index (χ1n) is 9.42. The number of rotatable bonds is 5. The van der Waals surface area contributed by atoms with Crippen LogP contribution in [0.1, 0.15) is 5.56 Å². The highest BCUT2D eigenvalue weighted by molar-refractivity contribution is 7.18. The van der Waals surface area contributed by atoms with Crippen LogP contribution in [0.2, 0.25) is 0 Å². The van der Waals surface area contributed by atoms with E-state index in [2.05, 4.69) is 15.3 Å². The number of benzene rings is 1. The van der Waals surface area contributed by atoms with Crippen molar-refractivity contribution in [3.05, 3.63) is 74.8 Å². The van der Waals surface area contributed by atoms with Gasteiger partial charge in [0, 0.05) is 26.8 Å². The molecule has 0 radical (unpaired) electrons. The molecular weight excluding hydrogens is 448 g/mol. The Bertz CT molecular complexity index is 1450. The number of amides is 1. The van der Waals surface area contributed by atoms with Gasteiger partial charge in [0.15, 0.2) is 5.13 Å². The van der Waals surface area contributed by atoms with Gasteiger partial charge < -0.3 is 5.32 Å². The van der Waals surface area contributed by atoms with Crippen LogP contribution in [0.3, 0.4) is 0 Å². The zero-order valence-corrected chi connectivity index (χ0v) is 18.8. The van der Waals surface area contributed by atoms with Crippen molar-refractivity contribution in [2.24, 2.45) is 0 Å². The largest absolute Gasteiger partial charge is 0.300 e. The number of anilines is 1. The van der Waals surface area contributed by atoms with Crippen molar-refractivity contribution in [2.75, 3.05) is 5.32 Å². The summed E-state index contributed by atoms with van der Waals surface area (Å²) in [6.07, 6.45) is 1.43. The number of nitrogens with zero attached hydrogens (tertiary/aromatic N) is 3. The van der Waals surface area contributed by atoms with Gasteiger partial charge in [-0.25, -0.2) is 9.97 Å². The van der Waals surface area contributed by atoms with Gasteiger partial charge in [-0.1, -0.05) is 30.3 Å². The number of aryl methyl sites for hydroxylation is 1. The molecule has 1 aromatic carbocycles. The molecule has 1 N–H and O–H groups in total. The Kier molecular flexibility index (Phi) is 5.23. The van der Waals surface area contributed by atoms with Crippen LogP contribution in [0.25, 0.3) is 31.9 Å². The normalized spacial score (nSPS) is 11.1. The molecule has 31 heavy (non-hydrogen) atoms. The number of thiazole rings is 1. The lowest BCUT2D eigenvalue weighted by Crippen LogP contribution is -2.27. The minimum absolute atomic E-state index is 0.124. The molecule has 4 aromatic heterocycles. The highest BCUT2D eigenvalue weighted by Crippen LogP contribution is 2.33. The lowest BCUT2D eigenvalue weighted by atomic mass is 10.1. The Morgan fingerprint density at radius 1 is 1.06 bits per heavy atom. The van der Waals surface area contributed by atoms with Crippen LogP contribution in [0.4, 0.5) is 5.13 Å². The lowest BCUT2D eigenvalue weighted by molar-refractivity contribution is -0.116. The third kappa shape index (κ3) is 3.83. The Hall–Kier alpha value is -3.14. The van der Waals surface area contributed by atoms with Gasteiger partial charge in [0.2, 0.25) is 5.91 Å². The summed E-state index contributed by atoms with van der Waals surface area (Å²) >= 11 is 4.36. The SMILES string of the molecule is Cc1ccccc1-c1csc(NC(=O)Cn2cnc3scc(-c4cccs4)c3c2=O)n1. The number of hydrogen-bond donors (Lipinski definition) is 1. The molecule has 0 bridgehead atoms. The van der Waals surface area contributed by atoms with E-state index in [0.717, 1.165) is 27.3 Å². The molecule has 9 heteroatoms. The summed E-state index contributed by atoms with van der Waals surface area (Å²) in [5.74, 6) is -0.318. The first kappa shape index (κ1) is 19.8. The summed E-state index contributed by atoms with van der Waals surface area (Å²) in [5.41, 5.74) is 3.62. The van der Waals surface area contributed by atoms with Crippen molar-refractivity contribution < 1.29 is 4.79 Å². The quantitative estimate of drug-likeness (QED) is 0.385. The van der Waals surface area contributed by atoms with Gasteiger partial charge in [-0.05, 0) is 23.9 Å². The van der Waals surface area contributed by atoms with E-state index in [4.69, 9.17) is 0 Å². The van der Waals surface area contributed by atoms with Crippen LogP contribution in [-0.4, -0.2) is 20.4 Å². The third-order valence-electron chi connectivity index (χ3n) is 4.83. The van der Waals surface area contributed by atoms with E-state index in [0.29, 0.717) is 15.3 Å². The Morgan fingerprint density at radius 2 is 1.94 bits per heavy atom. The average Bonchev–Trinajstić information content (AvgIpc) is 3.50. The second kappa shape index (κ2) is 8.18. The number of nitrogens with one attached hydrogen (secondary N) is 1. The van der Waals surface area contributed by atoms with Crippen molar-refractivity contribution in [3.63, 3.8) is 0 Å². The molecular formula is C22H16N4O2S3. The van der Waals surface area contributed by atoms with E-state index in [1.54, 1.807) is 11.3 Å². The van der Waals surface area contributed by atoms with E-state index in [1.165, 1.54) is 33.6 Å². The van der Waals surface area contributed by atoms with E-state index >= 15 is 0 Å². The van der Waals surface area contributed by atoms with Crippen molar-refractivity contribution in [1.82, 2.24) is 14.5 Å². The summed E-state index contributed by atoms with van der Waals surface area (Å²) in [6, 6.07) is 11.9. The zero-order chi connectivity index (χ0) is 21.4. The van der Waals surface area contributed by atoms with E-state index in [-0.39, 0.29) is 18.0 Å². The lowest BCUT2D eigenvalue weighted by Gasteiger charge is -2.06. The van der Waals surface area contributed by atoms with Gasteiger partial charge in [0.1, 0.15) is 11.4 Å². The summed E-state index contributed by atoms with van der Waals surface area (Å²) in [4.78, 5) is 36.3. The van der Waals surface area contributed by atoms with E-state index in [9.17, 15) is 9.59 Å². The first-order chi connectivity index (χ1) is 15.1. The number of carbonyl (C=O) groups is 1. The van der Waals surface area contributed by atoms with Gasteiger partial charge in [-0.15, -0.1) is 34.0 Å². The molecule has 0 saturated heterocycles. The van der Waals surface area contributed by atoms with Crippen LogP contribution in [0, 0.1) is 6.92 Å². The Labute approximate surface area is 189 Å². The number of fused-ring (bicyclic) bond motifs is 1. The fraction of sp³-hybridized carbons (Fsp3) is 0.0909. The molecule has 154 valence electrons. The van der Waals surface area contributed by atoms with Gasteiger partial charge >= 0.3 is 0 Å². The van der Waals surface area contributed by atoms with Crippen LogP contribution >= 0.6 is 34.0 Å². The predicted octanol–water partition coefficient (Wildman–Crippen LogP) is 5.26. The number of thiophene rings is 2. The van der Waals surface area contributed by atoms with Gasteiger partial charge in [0.05, 0.1) is 17.4 Å². The predicted molar refractivity (Wildman–Crippen MR) is 128 cm³/mol. The molecule has 5 rings (SSSR count). The molecule has 6 nitrogen and oxygen atoms in total. The highest BCUT2D eigenvalue weighted by Gasteiger charge is 2.16. The summed E-state index contributed by atoms with van der Waals surface area (Å²) in [6.45, 7) is 1.90. The monoisotopic (exact) mass is 464 g/mol. The molecule has 1 amide bonds. The van der Waals surface area contributed by atoms with Crippen LogP contribution in [0.5, 0.6) is 0 Å². The molecule has 0 spiro atoms. The highest BCUT2D eigenvalue weighted by atomic mass is 32.1. The van der Waals surface area contributed by atoms with Crippen molar-refractivity contribution >= 4 is 55.3 Å². The maximum Gasteiger partial charge on any atom is 0.263 e. The maximum atomic E-state index is 13.1.